The van der Waals surface area contributed by atoms with Gasteiger partial charge in [0.2, 0.25) is 0 Å². The standard InChI is InChI=1S/C15H25N3O/c1-11-8-17-7-5-4-6-14(17)9-18(11)10-15-12(2)16-19-13(15)3/h11,14H,4-10H2,1-3H3. The summed E-state index contributed by atoms with van der Waals surface area (Å²) >= 11 is 0. The van der Waals surface area contributed by atoms with E-state index in [0.29, 0.717) is 6.04 Å². The lowest BCUT2D eigenvalue weighted by atomic mass is 9.96. The molecule has 0 amide bonds. The van der Waals surface area contributed by atoms with Crippen molar-refractivity contribution in [2.24, 2.45) is 0 Å². The van der Waals surface area contributed by atoms with Gasteiger partial charge in [-0.25, -0.2) is 0 Å². The first-order valence-electron chi connectivity index (χ1n) is 7.55. The van der Waals surface area contributed by atoms with Crippen molar-refractivity contribution in [1.29, 1.82) is 0 Å². The normalized spacial score (nSPS) is 29.4. The van der Waals surface area contributed by atoms with Gasteiger partial charge in [0.1, 0.15) is 5.76 Å². The van der Waals surface area contributed by atoms with E-state index in [1.807, 2.05) is 13.8 Å². The Hall–Kier alpha value is -0.870. The van der Waals surface area contributed by atoms with Gasteiger partial charge in [-0.3, -0.25) is 9.80 Å². The molecule has 19 heavy (non-hydrogen) atoms. The maximum absolute atomic E-state index is 5.29. The molecule has 2 atom stereocenters. The summed E-state index contributed by atoms with van der Waals surface area (Å²) in [7, 11) is 0. The van der Waals surface area contributed by atoms with Crippen LogP contribution in [0.4, 0.5) is 0 Å². The highest BCUT2D eigenvalue weighted by atomic mass is 16.5. The molecular weight excluding hydrogens is 238 g/mol. The number of hydrogen-bond donors (Lipinski definition) is 0. The summed E-state index contributed by atoms with van der Waals surface area (Å²) in [5, 5.41) is 4.08. The third-order valence-corrected chi connectivity index (χ3v) is 4.86. The van der Waals surface area contributed by atoms with Gasteiger partial charge in [0, 0.05) is 37.3 Å². The maximum Gasteiger partial charge on any atom is 0.138 e. The lowest BCUT2D eigenvalue weighted by molar-refractivity contribution is 0.0108. The van der Waals surface area contributed by atoms with Crippen molar-refractivity contribution in [2.75, 3.05) is 19.6 Å². The SMILES string of the molecule is Cc1noc(C)c1CN1CC2CCCCN2CC1C. The molecule has 2 fully saturated rings. The molecule has 0 N–H and O–H groups in total. The first kappa shape index (κ1) is 13.1. The molecular formula is C15H25N3O. The Kier molecular flexibility index (Phi) is 3.63. The molecule has 106 valence electrons. The van der Waals surface area contributed by atoms with E-state index < -0.39 is 0 Å². The molecule has 0 aromatic carbocycles. The molecule has 4 heteroatoms. The maximum atomic E-state index is 5.29. The Morgan fingerprint density at radius 1 is 1.26 bits per heavy atom. The molecule has 0 aliphatic carbocycles. The van der Waals surface area contributed by atoms with Crippen molar-refractivity contribution < 1.29 is 4.52 Å². The summed E-state index contributed by atoms with van der Waals surface area (Å²) in [4.78, 5) is 5.30. The van der Waals surface area contributed by atoms with Gasteiger partial charge in [0.25, 0.3) is 0 Å². The number of fused-ring (bicyclic) bond motifs is 1. The van der Waals surface area contributed by atoms with Gasteiger partial charge in [0.05, 0.1) is 5.69 Å². The Morgan fingerprint density at radius 3 is 2.84 bits per heavy atom. The zero-order valence-electron chi connectivity index (χ0n) is 12.4. The van der Waals surface area contributed by atoms with Crippen molar-refractivity contribution in [1.82, 2.24) is 15.0 Å². The molecule has 4 nitrogen and oxygen atoms in total. The second-order valence-electron chi connectivity index (χ2n) is 6.23. The monoisotopic (exact) mass is 263 g/mol. The van der Waals surface area contributed by atoms with Crippen LogP contribution in [-0.4, -0.2) is 46.7 Å². The van der Waals surface area contributed by atoms with Crippen LogP contribution in [0, 0.1) is 13.8 Å². The van der Waals surface area contributed by atoms with E-state index in [0.717, 1.165) is 24.0 Å². The summed E-state index contributed by atoms with van der Waals surface area (Å²) in [5.74, 6) is 0.982. The smallest absolute Gasteiger partial charge is 0.138 e. The number of piperazine rings is 1. The zero-order chi connectivity index (χ0) is 13.4. The number of aromatic nitrogens is 1. The number of piperidine rings is 1. The van der Waals surface area contributed by atoms with Crippen molar-refractivity contribution in [3.63, 3.8) is 0 Å². The molecule has 2 aliphatic rings. The topological polar surface area (TPSA) is 32.5 Å². The third-order valence-electron chi connectivity index (χ3n) is 4.86. The van der Waals surface area contributed by atoms with Crippen molar-refractivity contribution in [3.05, 3.63) is 17.0 Å². The molecule has 0 spiro atoms. The molecule has 2 saturated heterocycles. The quantitative estimate of drug-likeness (QED) is 0.820. The van der Waals surface area contributed by atoms with Gasteiger partial charge in [-0.05, 0) is 40.2 Å². The average Bonchev–Trinajstić information content (AvgIpc) is 2.71. The van der Waals surface area contributed by atoms with Gasteiger partial charge >= 0.3 is 0 Å². The van der Waals surface area contributed by atoms with Crippen LogP contribution in [-0.2, 0) is 6.54 Å². The minimum absolute atomic E-state index is 0.628. The lowest BCUT2D eigenvalue weighted by Crippen LogP contribution is -2.58. The van der Waals surface area contributed by atoms with Crippen LogP contribution in [0.25, 0.3) is 0 Å². The van der Waals surface area contributed by atoms with Gasteiger partial charge in [-0.15, -0.1) is 0 Å². The average molecular weight is 263 g/mol. The van der Waals surface area contributed by atoms with Gasteiger partial charge in [-0.1, -0.05) is 11.6 Å². The summed E-state index contributed by atoms with van der Waals surface area (Å²) in [6.45, 7) is 11.1. The highest BCUT2D eigenvalue weighted by Crippen LogP contribution is 2.26. The fourth-order valence-corrected chi connectivity index (χ4v) is 3.56. The first-order chi connectivity index (χ1) is 9.15. The Balaban J connectivity index is 1.71. The summed E-state index contributed by atoms with van der Waals surface area (Å²) < 4.78 is 5.29. The molecule has 0 bridgehead atoms. The predicted octanol–water partition coefficient (Wildman–Crippen LogP) is 2.35. The molecule has 0 radical (unpaired) electrons. The van der Waals surface area contributed by atoms with Crippen LogP contribution < -0.4 is 0 Å². The van der Waals surface area contributed by atoms with Crippen LogP contribution in [0.3, 0.4) is 0 Å². The van der Waals surface area contributed by atoms with E-state index in [1.165, 1.54) is 44.5 Å². The molecule has 3 heterocycles. The largest absolute Gasteiger partial charge is 0.361 e. The van der Waals surface area contributed by atoms with E-state index in [-0.39, 0.29) is 0 Å². The van der Waals surface area contributed by atoms with Crippen molar-refractivity contribution >= 4 is 0 Å². The number of hydrogen-bond acceptors (Lipinski definition) is 4. The second-order valence-corrected chi connectivity index (χ2v) is 6.23. The van der Waals surface area contributed by atoms with Crippen molar-refractivity contribution in [2.45, 2.75) is 58.7 Å². The van der Waals surface area contributed by atoms with E-state index in [9.17, 15) is 0 Å². The minimum atomic E-state index is 0.628. The molecule has 3 rings (SSSR count). The van der Waals surface area contributed by atoms with Crippen molar-refractivity contribution in [3.8, 4) is 0 Å². The third kappa shape index (κ3) is 2.56. The molecule has 0 saturated carbocycles. The Labute approximate surface area is 115 Å². The molecule has 2 aliphatic heterocycles. The van der Waals surface area contributed by atoms with E-state index in [2.05, 4.69) is 21.9 Å². The van der Waals surface area contributed by atoms with Gasteiger partial charge in [0.15, 0.2) is 0 Å². The van der Waals surface area contributed by atoms with E-state index in [4.69, 9.17) is 4.52 Å². The zero-order valence-corrected chi connectivity index (χ0v) is 12.4. The number of nitrogens with zero attached hydrogens (tertiary/aromatic N) is 3. The Morgan fingerprint density at radius 2 is 2.11 bits per heavy atom. The Bertz CT molecular complexity index is 423. The lowest BCUT2D eigenvalue weighted by Gasteiger charge is -2.47. The van der Waals surface area contributed by atoms with Crippen LogP contribution in [0.1, 0.15) is 43.2 Å². The van der Waals surface area contributed by atoms with Crippen LogP contribution in [0.2, 0.25) is 0 Å². The highest BCUT2D eigenvalue weighted by molar-refractivity contribution is 5.20. The fourth-order valence-electron chi connectivity index (χ4n) is 3.56. The van der Waals surface area contributed by atoms with Crippen LogP contribution >= 0.6 is 0 Å². The van der Waals surface area contributed by atoms with E-state index in [1.54, 1.807) is 0 Å². The highest BCUT2D eigenvalue weighted by Gasteiger charge is 2.33. The van der Waals surface area contributed by atoms with Crippen LogP contribution in [0.5, 0.6) is 0 Å². The second kappa shape index (κ2) is 5.25. The van der Waals surface area contributed by atoms with E-state index >= 15 is 0 Å². The van der Waals surface area contributed by atoms with Gasteiger partial charge in [-0.2, -0.15) is 0 Å². The first-order valence-corrected chi connectivity index (χ1v) is 7.55. The predicted molar refractivity (Wildman–Crippen MR) is 75.1 cm³/mol. The molecule has 2 unspecified atom stereocenters. The number of rotatable bonds is 2. The molecule has 1 aromatic rings. The van der Waals surface area contributed by atoms with Gasteiger partial charge < -0.3 is 4.52 Å². The fraction of sp³-hybridized carbons (Fsp3) is 0.800. The molecule has 1 aromatic heterocycles. The summed E-state index contributed by atoms with van der Waals surface area (Å²) in [5.41, 5.74) is 2.34. The minimum Gasteiger partial charge on any atom is -0.361 e. The summed E-state index contributed by atoms with van der Waals surface area (Å²) in [6, 6.07) is 1.40. The van der Waals surface area contributed by atoms with Crippen LogP contribution in [0.15, 0.2) is 4.52 Å². The number of aryl methyl sites for hydroxylation is 2. The summed E-state index contributed by atoms with van der Waals surface area (Å²) in [6.07, 6.45) is 4.15.